The summed E-state index contributed by atoms with van der Waals surface area (Å²) in [4.78, 5) is 25.5. The molecule has 0 fully saturated rings. The molecule has 0 bridgehead atoms. The van der Waals surface area contributed by atoms with Gasteiger partial charge in [0.15, 0.2) is 0 Å². The Morgan fingerprint density at radius 3 is 2.44 bits per heavy atom. The van der Waals surface area contributed by atoms with Crippen LogP contribution in [0.1, 0.15) is 10.5 Å². The zero-order valence-electron chi connectivity index (χ0n) is 12.4. The van der Waals surface area contributed by atoms with Crippen LogP contribution < -0.4 is 10.6 Å². The number of benzene rings is 2. The third-order valence-corrected chi connectivity index (χ3v) is 3.69. The molecule has 1 heterocycles. The van der Waals surface area contributed by atoms with Gasteiger partial charge in [-0.1, -0.05) is 11.6 Å². The van der Waals surface area contributed by atoms with Crippen molar-refractivity contribution >= 4 is 45.9 Å². The number of rotatable bonds is 3. The van der Waals surface area contributed by atoms with Gasteiger partial charge >= 0.3 is 12.0 Å². The molecule has 1 aromatic heterocycles. The Labute approximate surface area is 144 Å². The molecule has 0 spiro atoms. The molecule has 0 unspecified atom stereocenters. The smallest absolute Gasteiger partial charge is 0.352 e. The second kappa shape index (κ2) is 6.40. The normalized spacial score (nSPS) is 10.7. The lowest BCUT2D eigenvalue weighted by atomic mass is 10.2. The molecule has 2 amide bonds. The maximum absolute atomic E-state index is 13.8. The van der Waals surface area contributed by atoms with Crippen LogP contribution in [0.25, 0.3) is 10.9 Å². The Balaban J connectivity index is 1.86. The van der Waals surface area contributed by atoms with Crippen molar-refractivity contribution in [1.82, 2.24) is 4.98 Å². The Morgan fingerprint density at radius 1 is 1.04 bits per heavy atom. The summed E-state index contributed by atoms with van der Waals surface area (Å²) in [6.45, 7) is 0. The van der Waals surface area contributed by atoms with E-state index in [4.69, 9.17) is 16.7 Å². The highest BCUT2D eigenvalue weighted by Gasteiger charge is 2.15. The van der Waals surface area contributed by atoms with Gasteiger partial charge < -0.3 is 20.7 Å². The molecule has 3 rings (SSSR count). The minimum Gasteiger partial charge on any atom is -0.477 e. The van der Waals surface area contributed by atoms with Crippen molar-refractivity contribution in [2.24, 2.45) is 0 Å². The van der Waals surface area contributed by atoms with E-state index in [1.807, 2.05) is 0 Å². The van der Waals surface area contributed by atoms with E-state index in [0.29, 0.717) is 0 Å². The number of carboxylic acids is 1. The third kappa shape index (κ3) is 3.38. The first-order chi connectivity index (χ1) is 11.8. The molecule has 6 nitrogen and oxygen atoms in total. The number of halogens is 3. The van der Waals surface area contributed by atoms with Crippen LogP contribution in [0.15, 0.2) is 36.4 Å². The van der Waals surface area contributed by atoms with Gasteiger partial charge in [0.2, 0.25) is 0 Å². The lowest BCUT2D eigenvalue weighted by molar-refractivity contribution is 0.0691. The van der Waals surface area contributed by atoms with Gasteiger partial charge in [0.1, 0.15) is 17.3 Å². The lowest BCUT2D eigenvalue weighted by Crippen LogP contribution is -2.19. The van der Waals surface area contributed by atoms with Crippen molar-refractivity contribution < 1.29 is 23.5 Å². The maximum atomic E-state index is 13.8. The number of amides is 2. The summed E-state index contributed by atoms with van der Waals surface area (Å²) >= 11 is 5.64. The molecule has 0 radical (unpaired) electrons. The second-order valence-electron chi connectivity index (χ2n) is 5.08. The first kappa shape index (κ1) is 16.7. The zero-order chi connectivity index (χ0) is 18.1. The summed E-state index contributed by atoms with van der Waals surface area (Å²) in [6.07, 6.45) is 0. The molecule has 4 N–H and O–H groups in total. The van der Waals surface area contributed by atoms with Crippen LogP contribution in [0.4, 0.5) is 25.0 Å². The molecule has 0 atom stereocenters. The fraction of sp³-hybridized carbons (Fsp3) is 0. The topological polar surface area (TPSA) is 94.2 Å². The van der Waals surface area contributed by atoms with Gasteiger partial charge in [0.25, 0.3) is 0 Å². The molecular weight excluding hydrogens is 356 g/mol. The number of hydrogen-bond donors (Lipinski definition) is 4. The average molecular weight is 366 g/mol. The van der Waals surface area contributed by atoms with Crippen LogP contribution in [0.5, 0.6) is 0 Å². The molecule has 9 heteroatoms. The van der Waals surface area contributed by atoms with Crippen molar-refractivity contribution in [2.75, 3.05) is 10.6 Å². The quantitative estimate of drug-likeness (QED) is 0.552. The van der Waals surface area contributed by atoms with Crippen LogP contribution in [-0.4, -0.2) is 22.1 Å². The number of anilines is 2. The highest BCUT2D eigenvalue weighted by atomic mass is 35.5. The van der Waals surface area contributed by atoms with Crippen molar-refractivity contribution in [2.45, 2.75) is 0 Å². The van der Waals surface area contributed by atoms with Crippen LogP contribution in [0, 0.1) is 11.6 Å². The largest absolute Gasteiger partial charge is 0.477 e. The summed E-state index contributed by atoms with van der Waals surface area (Å²) in [5, 5.41) is 14.0. The first-order valence-corrected chi connectivity index (χ1v) is 7.30. The van der Waals surface area contributed by atoms with E-state index in [1.165, 1.54) is 24.3 Å². The van der Waals surface area contributed by atoms with E-state index >= 15 is 0 Å². The number of hydrogen-bond acceptors (Lipinski definition) is 2. The minimum absolute atomic E-state index is 0.0416. The number of aromatic carboxylic acids is 1. The molecule has 25 heavy (non-hydrogen) atoms. The van der Waals surface area contributed by atoms with Gasteiger partial charge in [-0.25, -0.2) is 18.4 Å². The molecule has 0 aliphatic rings. The van der Waals surface area contributed by atoms with Gasteiger partial charge in [-0.3, -0.25) is 0 Å². The summed E-state index contributed by atoms with van der Waals surface area (Å²) in [7, 11) is 0. The highest BCUT2D eigenvalue weighted by Crippen LogP contribution is 2.27. The molecule has 128 valence electrons. The molecule has 0 saturated heterocycles. The number of fused-ring (bicyclic) bond motifs is 1. The number of urea groups is 1. The minimum atomic E-state index is -1.26. The predicted octanol–water partition coefficient (Wildman–Crippen LogP) is 4.44. The summed E-state index contributed by atoms with van der Waals surface area (Å²) in [5.74, 6) is -2.54. The monoisotopic (exact) mass is 365 g/mol. The number of carbonyl (C=O) groups is 2. The summed E-state index contributed by atoms with van der Waals surface area (Å²) in [5.41, 5.74) is 0.197. The van der Waals surface area contributed by atoms with Gasteiger partial charge in [0, 0.05) is 11.1 Å². The standard InChI is InChI=1S/C16H10ClF2N3O3/c17-9-5-7(1-2-10(9)18)20-16(25)22-12-4-3-11(19)14-8(12)6-13(21-14)15(23)24/h1-6,21H,(H,23,24)(H2,20,22,25). The summed E-state index contributed by atoms with van der Waals surface area (Å²) < 4.78 is 26.9. The van der Waals surface area contributed by atoms with Crippen LogP contribution in [0.2, 0.25) is 5.02 Å². The molecule has 0 saturated carbocycles. The first-order valence-electron chi connectivity index (χ1n) is 6.92. The molecule has 2 aromatic carbocycles. The number of carbonyl (C=O) groups excluding carboxylic acids is 1. The number of aromatic nitrogens is 1. The predicted molar refractivity (Wildman–Crippen MR) is 89.3 cm³/mol. The van der Waals surface area contributed by atoms with Crippen molar-refractivity contribution in [3.8, 4) is 0 Å². The Kier molecular flexibility index (Phi) is 4.28. The van der Waals surface area contributed by atoms with Gasteiger partial charge in [-0.2, -0.15) is 0 Å². The number of H-pyrrole nitrogens is 1. The lowest BCUT2D eigenvalue weighted by Gasteiger charge is -2.09. The van der Waals surface area contributed by atoms with Gasteiger partial charge in [0.05, 0.1) is 16.2 Å². The molecule has 3 aromatic rings. The van der Waals surface area contributed by atoms with E-state index < -0.39 is 23.6 Å². The second-order valence-corrected chi connectivity index (χ2v) is 5.49. The SMILES string of the molecule is O=C(Nc1ccc(F)c(Cl)c1)Nc1ccc(F)c2[nH]c(C(=O)O)cc12. The van der Waals surface area contributed by atoms with Crippen LogP contribution in [-0.2, 0) is 0 Å². The third-order valence-electron chi connectivity index (χ3n) is 3.40. The Bertz CT molecular complexity index is 1000. The highest BCUT2D eigenvalue weighted by molar-refractivity contribution is 6.31. The van der Waals surface area contributed by atoms with Crippen LogP contribution in [0.3, 0.4) is 0 Å². The zero-order valence-corrected chi connectivity index (χ0v) is 13.1. The van der Waals surface area contributed by atoms with Crippen molar-refractivity contribution in [1.29, 1.82) is 0 Å². The number of carboxylic acid groups (broad SMARTS) is 1. The van der Waals surface area contributed by atoms with E-state index in [-0.39, 0.29) is 33.0 Å². The average Bonchev–Trinajstić information content (AvgIpc) is 3.00. The Hall–Kier alpha value is -3.13. The van der Waals surface area contributed by atoms with E-state index in [2.05, 4.69) is 15.6 Å². The van der Waals surface area contributed by atoms with E-state index in [9.17, 15) is 18.4 Å². The molecular formula is C16H10ClF2N3O3. The summed E-state index contributed by atoms with van der Waals surface area (Å²) in [6, 6.07) is 6.57. The molecule has 0 aliphatic heterocycles. The van der Waals surface area contributed by atoms with Crippen molar-refractivity contribution in [3.05, 3.63) is 58.7 Å². The maximum Gasteiger partial charge on any atom is 0.352 e. The fourth-order valence-electron chi connectivity index (χ4n) is 2.27. The van der Waals surface area contributed by atoms with Crippen LogP contribution >= 0.6 is 11.6 Å². The number of nitrogens with one attached hydrogen (secondary N) is 3. The Morgan fingerprint density at radius 2 is 1.76 bits per heavy atom. The van der Waals surface area contributed by atoms with Gasteiger partial charge in [-0.05, 0) is 36.4 Å². The number of aromatic amines is 1. The van der Waals surface area contributed by atoms with E-state index in [0.717, 1.165) is 12.1 Å². The van der Waals surface area contributed by atoms with Crippen molar-refractivity contribution in [3.63, 3.8) is 0 Å². The fourth-order valence-corrected chi connectivity index (χ4v) is 2.45. The van der Waals surface area contributed by atoms with Gasteiger partial charge in [-0.15, -0.1) is 0 Å². The molecule has 0 aliphatic carbocycles. The van der Waals surface area contributed by atoms with E-state index in [1.54, 1.807) is 0 Å².